The van der Waals surface area contributed by atoms with Crippen LogP contribution in [0.3, 0.4) is 0 Å². The zero-order valence-electron chi connectivity index (χ0n) is 12.6. The predicted molar refractivity (Wildman–Crippen MR) is 84.4 cm³/mol. The molecule has 0 radical (unpaired) electrons. The van der Waals surface area contributed by atoms with Gasteiger partial charge in [-0.3, -0.25) is 4.79 Å². The standard InChI is InChI=1S/C18H15F2NO3/c1-2-9-24-14-6-3-12(4-7-14)18(23)21-11-17(22)13-5-8-15(19)16(20)10-13/h1,3-8,10,17,22H,9,11H2,(H,21,23)/t17-/m0/s1. The number of rotatable bonds is 6. The van der Waals surface area contributed by atoms with Crippen LogP contribution >= 0.6 is 0 Å². The molecular formula is C18H15F2NO3. The van der Waals surface area contributed by atoms with Crippen molar-refractivity contribution in [2.45, 2.75) is 6.10 Å². The first-order chi connectivity index (χ1) is 11.5. The zero-order valence-corrected chi connectivity index (χ0v) is 12.6. The molecule has 0 fully saturated rings. The van der Waals surface area contributed by atoms with Crippen LogP contribution in [0.15, 0.2) is 42.5 Å². The highest BCUT2D eigenvalue weighted by Gasteiger charge is 2.13. The molecule has 2 aromatic carbocycles. The average molecular weight is 331 g/mol. The van der Waals surface area contributed by atoms with Crippen LogP contribution in [0.5, 0.6) is 5.75 Å². The summed E-state index contributed by atoms with van der Waals surface area (Å²) in [6.45, 7) is -0.00871. The molecule has 2 aromatic rings. The molecule has 1 atom stereocenters. The molecular weight excluding hydrogens is 316 g/mol. The first kappa shape index (κ1) is 17.4. The molecule has 0 heterocycles. The number of hydrogen-bond acceptors (Lipinski definition) is 3. The van der Waals surface area contributed by atoms with Gasteiger partial charge in [-0.05, 0) is 42.0 Å². The van der Waals surface area contributed by atoms with Gasteiger partial charge >= 0.3 is 0 Å². The van der Waals surface area contributed by atoms with Crippen molar-refractivity contribution in [2.24, 2.45) is 0 Å². The average Bonchev–Trinajstić information content (AvgIpc) is 2.60. The second-order valence-corrected chi connectivity index (χ2v) is 4.92. The number of benzene rings is 2. The van der Waals surface area contributed by atoms with Gasteiger partial charge in [-0.2, -0.15) is 0 Å². The maximum Gasteiger partial charge on any atom is 0.251 e. The molecule has 0 saturated heterocycles. The number of carbonyl (C=O) groups excluding carboxylic acids is 1. The largest absolute Gasteiger partial charge is 0.481 e. The lowest BCUT2D eigenvalue weighted by Gasteiger charge is -2.13. The lowest BCUT2D eigenvalue weighted by Crippen LogP contribution is -2.28. The number of aliphatic hydroxyl groups is 1. The molecule has 0 bridgehead atoms. The van der Waals surface area contributed by atoms with Crippen LogP contribution in [0.2, 0.25) is 0 Å². The van der Waals surface area contributed by atoms with E-state index in [1.165, 1.54) is 6.07 Å². The highest BCUT2D eigenvalue weighted by atomic mass is 19.2. The van der Waals surface area contributed by atoms with Crippen molar-refractivity contribution in [2.75, 3.05) is 13.2 Å². The van der Waals surface area contributed by atoms with Crippen LogP contribution < -0.4 is 10.1 Å². The lowest BCUT2D eigenvalue weighted by atomic mass is 10.1. The van der Waals surface area contributed by atoms with E-state index >= 15 is 0 Å². The molecule has 0 unspecified atom stereocenters. The summed E-state index contributed by atoms with van der Waals surface area (Å²) < 4.78 is 31.2. The molecule has 0 aliphatic carbocycles. The zero-order chi connectivity index (χ0) is 17.5. The molecule has 24 heavy (non-hydrogen) atoms. The number of aliphatic hydroxyl groups excluding tert-OH is 1. The summed E-state index contributed by atoms with van der Waals surface area (Å²) in [6, 6.07) is 9.35. The van der Waals surface area contributed by atoms with Crippen molar-refractivity contribution in [3.63, 3.8) is 0 Å². The van der Waals surface area contributed by atoms with Crippen LogP contribution in [0.1, 0.15) is 22.0 Å². The molecule has 0 saturated carbocycles. The minimum atomic E-state index is -1.15. The Morgan fingerprint density at radius 1 is 1.21 bits per heavy atom. The van der Waals surface area contributed by atoms with E-state index in [0.717, 1.165) is 12.1 Å². The monoisotopic (exact) mass is 331 g/mol. The van der Waals surface area contributed by atoms with Crippen molar-refractivity contribution < 1.29 is 23.4 Å². The summed E-state index contributed by atoms with van der Waals surface area (Å²) in [5, 5.41) is 12.4. The predicted octanol–water partition coefficient (Wildman–Crippen LogP) is 2.44. The fourth-order valence-electron chi connectivity index (χ4n) is 1.96. The summed E-state index contributed by atoms with van der Waals surface area (Å²) in [7, 11) is 0. The smallest absolute Gasteiger partial charge is 0.251 e. The Morgan fingerprint density at radius 2 is 1.92 bits per heavy atom. The van der Waals surface area contributed by atoms with Gasteiger partial charge in [0, 0.05) is 12.1 Å². The summed E-state index contributed by atoms with van der Waals surface area (Å²) in [4.78, 5) is 12.0. The summed E-state index contributed by atoms with van der Waals surface area (Å²) in [5.74, 6) is 0.394. The number of carbonyl (C=O) groups is 1. The van der Waals surface area contributed by atoms with Gasteiger partial charge in [-0.25, -0.2) is 8.78 Å². The van der Waals surface area contributed by atoms with E-state index in [2.05, 4.69) is 11.2 Å². The highest BCUT2D eigenvalue weighted by molar-refractivity contribution is 5.94. The Morgan fingerprint density at radius 3 is 2.54 bits per heavy atom. The van der Waals surface area contributed by atoms with Gasteiger partial charge in [0.15, 0.2) is 11.6 Å². The van der Waals surface area contributed by atoms with Crippen LogP contribution in [-0.2, 0) is 0 Å². The van der Waals surface area contributed by atoms with Gasteiger partial charge in [0.1, 0.15) is 12.4 Å². The molecule has 0 aliphatic rings. The first-order valence-corrected chi connectivity index (χ1v) is 7.09. The van der Waals surface area contributed by atoms with E-state index in [4.69, 9.17) is 11.2 Å². The van der Waals surface area contributed by atoms with Crippen LogP contribution in [0, 0.1) is 24.0 Å². The SMILES string of the molecule is C#CCOc1ccc(C(=O)NC[C@H](O)c2ccc(F)c(F)c2)cc1. The molecule has 2 N–H and O–H groups in total. The molecule has 4 nitrogen and oxygen atoms in total. The van der Waals surface area contributed by atoms with E-state index in [-0.39, 0.29) is 18.7 Å². The Hall–Kier alpha value is -2.91. The van der Waals surface area contributed by atoms with Gasteiger partial charge in [0.2, 0.25) is 0 Å². The van der Waals surface area contributed by atoms with Crippen LogP contribution in [-0.4, -0.2) is 24.2 Å². The van der Waals surface area contributed by atoms with Gasteiger partial charge in [0.05, 0.1) is 6.10 Å². The third-order valence-corrected chi connectivity index (χ3v) is 3.22. The first-order valence-electron chi connectivity index (χ1n) is 7.09. The minimum absolute atomic E-state index is 0.131. The third kappa shape index (κ3) is 4.54. The lowest BCUT2D eigenvalue weighted by molar-refractivity contribution is 0.0916. The molecule has 1 amide bonds. The molecule has 6 heteroatoms. The Bertz CT molecular complexity index is 754. The number of halogens is 2. The van der Waals surface area contributed by atoms with E-state index in [1.807, 2.05) is 0 Å². The topological polar surface area (TPSA) is 58.6 Å². The number of amides is 1. The number of nitrogens with one attached hydrogen (secondary N) is 1. The Balaban J connectivity index is 1.92. The number of terminal acetylenes is 1. The molecule has 0 aromatic heterocycles. The van der Waals surface area contributed by atoms with Crippen molar-refractivity contribution in [1.82, 2.24) is 5.32 Å². The van der Waals surface area contributed by atoms with Gasteiger partial charge < -0.3 is 15.2 Å². The van der Waals surface area contributed by atoms with Crippen molar-refractivity contribution in [1.29, 1.82) is 0 Å². The number of ether oxygens (including phenoxy) is 1. The second kappa shape index (κ2) is 8.09. The Labute approximate surface area is 138 Å². The normalized spacial score (nSPS) is 11.4. The van der Waals surface area contributed by atoms with E-state index in [1.54, 1.807) is 24.3 Å². The van der Waals surface area contributed by atoms with Crippen molar-refractivity contribution in [3.05, 3.63) is 65.2 Å². The maximum absolute atomic E-state index is 13.1. The van der Waals surface area contributed by atoms with Crippen LogP contribution in [0.25, 0.3) is 0 Å². The van der Waals surface area contributed by atoms with Gasteiger partial charge in [-0.15, -0.1) is 6.42 Å². The molecule has 0 spiro atoms. The Kier molecular flexibility index (Phi) is 5.88. The van der Waals surface area contributed by atoms with Gasteiger partial charge in [0.25, 0.3) is 5.91 Å². The molecule has 2 rings (SSSR count). The molecule has 0 aliphatic heterocycles. The van der Waals surface area contributed by atoms with Gasteiger partial charge in [-0.1, -0.05) is 12.0 Å². The van der Waals surface area contributed by atoms with Crippen molar-refractivity contribution in [3.8, 4) is 18.1 Å². The van der Waals surface area contributed by atoms with Crippen LogP contribution in [0.4, 0.5) is 8.78 Å². The summed E-state index contributed by atoms with van der Waals surface area (Å²) in [6.07, 6.45) is 3.93. The quantitative estimate of drug-likeness (QED) is 0.800. The number of hydrogen-bond donors (Lipinski definition) is 2. The van der Waals surface area contributed by atoms with Crippen molar-refractivity contribution >= 4 is 5.91 Å². The van der Waals surface area contributed by atoms with E-state index < -0.39 is 23.6 Å². The third-order valence-electron chi connectivity index (χ3n) is 3.22. The highest BCUT2D eigenvalue weighted by Crippen LogP contribution is 2.16. The minimum Gasteiger partial charge on any atom is -0.481 e. The maximum atomic E-state index is 13.1. The fraction of sp³-hybridized carbons (Fsp3) is 0.167. The second-order valence-electron chi connectivity index (χ2n) is 4.92. The fourth-order valence-corrected chi connectivity index (χ4v) is 1.96. The summed E-state index contributed by atoms with van der Waals surface area (Å²) >= 11 is 0. The molecule has 124 valence electrons. The van der Waals surface area contributed by atoms with E-state index in [0.29, 0.717) is 11.3 Å². The summed E-state index contributed by atoms with van der Waals surface area (Å²) in [5.41, 5.74) is 0.535. The van der Waals surface area contributed by atoms with E-state index in [9.17, 15) is 18.7 Å².